The number of hydrogen-bond donors (Lipinski definition) is 2. The van der Waals surface area contributed by atoms with Crippen molar-refractivity contribution in [1.82, 2.24) is 20.0 Å². The molecule has 3 fully saturated rings. The van der Waals surface area contributed by atoms with Gasteiger partial charge in [-0.25, -0.2) is 0 Å². The first kappa shape index (κ1) is 38.6. The number of cyclic esters (lactones) is 1. The third-order valence-electron chi connectivity index (χ3n) is 11.3. The average Bonchev–Trinajstić information content (AvgIpc) is 3.75. The Morgan fingerprint density at radius 3 is 2.50 bits per heavy atom. The summed E-state index contributed by atoms with van der Waals surface area (Å²) in [4.78, 5) is 63.4. The number of allylic oxidation sites excluding steroid dienone is 1. The van der Waals surface area contributed by atoms with E-state index in [4.69, 9.17) is 18.9 Å². The van der Waals surface area contributed by atoms with E-state index in [1.165, 1.54) is 12.0 Å². The number of carbonyl (C=O) groups is 4. The predicted octanol–water partition coefficient (Wildman–Crippen LogP) is 2.19. The number of nitrogens with zero attached hydrogens (tertiary/aromatic N) is 3. The van der Waals surface area contributed by atoms with E-state index in [1.54, 1.807) is 11.0 Å². The number of rotatable bonds is 10. The van der Waals surface area contributed by atoms with E-state index in [1.807, 2.05) is 56.3 Å². The lowest BCUT2D eigenvalue weighted by Crippen LogP contribution is -2.60. The van der Waals surface area contributed by atoms with Gasteiger partial charge in [-0.2, -0.15) is 0 Å². The third-order valence-corrected chi connectivity index (χ3v) is 12.0. The highest BCUT2D eigenvalue weighted by Gasteiger charge is 2.75. The Morgan fingerprint density at radius 2 is 1.81 bits per heavy atom. The van der Waals surface area contributed by atoms with Crippen LogP contribution in [-0.2, 0) is 38.1 Å². The number of benzene rings is 1. The first-order chi connectivity index (χ1) is 25.1. The van der Waals surface area contributed by atoms with Crippen molar-refractivity contribution in [1.29, 1.82) is 0 Å². The molecule has 1 aromatic carbocycles. The van der Waals surface area contributed by atoms with Gasteiger partial charge in [0.05, 0.1) is 44.4 Å². The Morgan fingerprint density at radius 1 is 1.06 bits per heavy atom. The topological polar surface area (TPSA) is 147 Å². The van der Waals surface area contributed by atoms with Crippen LogP contribution in [0.15, 0.2) is 53.0 Å². The van der Waals surface area contributed by atoms with Crippen molar-refractivity contribution in [2.75, 3.05) is 66.3 Å². The lowest BCUT2D eigenvalue weighted by molar-refractivity contribution is -0.163. The summed E-state index contributed by atoms with van der Waals surface area (Å²) in [5.41, 5.74) is -0.843. The predicted molar refractivity (Wildman–Crippen MR) is 194 cm³/mol. The molecule has 3 amide bonds. The Labute approximate surface area is 313 Å². The van der Waals surface area contributed by atoms with Crippen molar-refractivity contribution in [3.8, 4) is 0 Å². The second-order valence-electron chi connectivity index (χ2n) is 14.4. The van der Waals surface area contributed by atoms with Gasteiger partial charge in [0.25, 0.3) is 0 Å². The van der Waals surface area contributed by atoms with E-state index in [0.29, 0.717) is 49.2 Å². The Balaban J connectivity index is 1.45. The number of ether oxygens (including phenoxy) is 4. The Hall–Kier alpha value is -3.14. The molecule has 284 valence electrons. The van der Waals surface area contributed by atoms with Crippen LogP contribution >= 0.6 is 15.9 Å². The van der Waals surface area contributed by atoms with Crippen LogP contribution in [0.3, 0.4) is 0 Å². The maximum atomic E-state index is 15.1. The monoisotopic (exact) mass is 786 g/mol. The number of methoxy groups -OCH3 is 1. The summed E-state index contributed by atoms with van der Waals surface area (Å²) in [5.74, 6) is -4.04. The summed E-state index contributed by atoms with van der Waals surface area (Å²) in [6.45, 7) is 7.53. The number of amides is 3. The summed E-state index contributed by atoms with van der Waals surface area (Å²) in [5, 5.41) is 13.8. The van der Waals surface area contributed by atoms with E-state index >= 15 is 4.79 Å². The van der Waals surface area contributed by atoms with Crippen molar-refractivity contribution >= 4 is 39.6 Å². The molecule has 1 aromatic rings. The first-order valence-electron chi connectivity index (χ1n) is 18.4. The van der Waals surface area contributed by atoms with Crippen molar-refractivity contribution in [2.24, 2.45) is 17.8 Å². The SMILES string of the molecule is CC[C@H](C)[C@H](CO)N1C(=O)[C@H]2[C@@H]3C(=O)O[C@H](c4ccccc4)[C@@H](COC)NC(=O)CC/C=C\CN(CCN4CCOCC4)C(=O)[C@H]1[C@@]21C=C(Br)[C@@H]3O1. The van der Waals surface area contributed by atoms with E-state index in [9.17, 15) is 19.5 Å². The fourth-order valence-electron chi connectivity index (χ4n) is 8.35. The number of nitrogens with one attached hydrogen (secondary N) is 1. The molecular weight excluding hydrogens is 736 g/mol. The number of aliphatic hydroxyl groups is 1. The van der Waals surface area contributed by atoms with Gasteiger partial charge in [0.2, 0.25) is 17.7 Å². The number of morpholine rings is 1. The zero-order valence-corrected chi connectivity index (χ0v) is 31.7. The molecule has 6 rings (SSSR count). The number of halogens is 1. The van der Waals surface area contributed by atoms with E-state index in [0.717, 1.165) is 13.1 Å². The molecule has 5 aliphatic rings. The lowest BCUT2D eigenvalue weighted by atomic mass is 9.74. The molecule has 5 aliphatic heterocycles. The number of hydrogen-bond acceptors (Lipinski definition) is 10. The standard InChI is InChI=1S/C38H51BrN4O9/c1-4-24(2)28(22-44)43-34-36(47)42(16-15-41-17-19-50-20-18-41)14-10-6-9-13-29(45)40-27(23-49-3)32(25-11-7-5-8-12-25)51-37(48)30-31(35(43)46)38(34)21-26(39)33(30)52-38/h5-8,10-12,21,24,27-28,30-34,44H,4,9,13-20,22-23H2,1-3H3,(H,40,45)/b10-6-/t24-,27+,28-,30-,31+,32+,33-,34-,38+/m0/s1. The quantitative estimate of drug-likeness (QED) is 0.268. The summed E-state index contributed by atoms with van der Waals surface area (Å²) in [7, 11) is 1.51. The number of aliphatic hydroxyl groups excluding tert-OH is 1. The first-order valence-corrected chi connectivity index (χ1v) is 19.2. The lowest BCUT2D eigenvalue weighted by Gasteiger charge is -2.40. The minimum absolute atomic E-state index is 0.0600. The van der Waals surface area contributed by atoms with Crippen molar-refractivity contribution in [3.63, 3.8) is 0 Å². The van der Waals surface area contributed by atoms with Crippen LogP contribution in [0.2, 0.25) is 0 Å². The highest BCUT2D eigenvalue weighted by Crippen LogP contribution is 2.59. The van der Waals surface area contributed by atoms with Crippen LogP contribution in [-0.4, -0.2) is 140 Å². The summed E-state index contributed by atoms with van der Waals surface area (Å²) in [6, 6.07) is 6.54. The Bertz CT molecular complexity index is 1520. The molecule has 5 bridgehead atoms. The molecule has 9 atom stereocenters. The van der Waals surface area contributed by atoms with Crippen LogP contribution in [0.25, 0.3) is 0 Å². The zero-order chi connectivity index (χ0) is 37.0. The molecule has 0 unspecified atom stereocenters. The molecule has 0 saturated carbocycles. The van der Waals surface area contributed by atoms with E-state index in [2.05, 4.69) is 26.1 Å². The van der Waals surface area contributed by atoms with Crippen LogP contribution in [0.5, 0.6) is 0 Å². The van der Waals surface area contributed by atoms with Crippen molar-refractivity contribution < 1.29 is 43.2 Å². The summed E-state index contributed by atoms with van der Waals surface area (Å²) in [6.07, 6.45) is 4.95. The molecule has 0 aliphatic carbocycles. The smallest absolute Gasteiger partial charge is 0.313 e. The number of fused-ring (bicyclic) bond motifs is 2. The van der Waals surface area contributed by atoms with Crippen LogP contribution in [0.4, 0.5) is 0 Å². The van der Waals surface area contributed by atoms with Gasteiger partial charge in [0.15, 0.2) is 0 Å². The highest BCUT2D eigenvalue weighted by molar-refractivity contribution is 9.11. The molecule has 1 spiro atoms. The normalized spacial score (nSPS) is 33.4. The molecule has 0 radical (unpaired) electrons. The van der Waals surface area contributed by atoms with Crippen molar-refractivity contribution in [2.45, 2.75) is 69.0 Å². The van der Waals surface area contributed by atoms with Crippen molar-refractivity contribution in [3.05, 3.63) is 58.6 Å². The maximum Gasteiger partial charge on any atom is 0.313 e. The molecule has 13 nitrogen and oxygen atoms in total. The van der Waals surface area contributed by atoms with Gasteiger partial charge in [0, 0.05) is 50.7 Å². The second-order valence-corrected chi connectivity index (χ2v) is 15.3. The minimum atomic E-state index is -1.49. The van der Waals surface area contributed by atoms with Gasteiger partial charge in [-0.15, -0.1) is 0 Å². The molecule has 3 saturated heterocycles. The van der Waals surface area contributed by atoms with Gasteiger partial charge in [-0.05, 0) is 24.0 Å². The average molecular weight is 788 g/mol. The fraction of sp³-hybridized carbons (Fsp3) is 0.632. The highest BCUT2D eigenvalue weighted by atomic mass is 79.9. The van der Waals surface area contributed by atoms with Crippen LogP contribution in [0, 0.1) is 17.8 Å². The number of esters is 1. The van der Waals surface area contributed by atoms with Gasteiger partial charge in [-0.3, -0.25) is 24.1 Å². The summed E-state index contributed by atoms with van der Waals surface area (Å²) >= 11 is 3.63. The van der Waals surface area contributed by atoms with E-state index < -0.39 is 59.6 Å². The van der Waals surface area contributed by atoms with Gasteiger partial charge in [-0.1, -0.05) is 78.7 Å². The van der Waals surface area contributed by atoms with Gasteiger partial charge < -0.3 is 39.2 Å². The molecular formula is C38H51BrN4O9. The fourth-order valence-corrected chi connectivity index (χ4v) is 9.09. The zero-order valence-electron chi connectivity index (χ0n) is 30.2. The molecule has 5 heterocycles. The third kappa shape index (κ3) is 7.47. The number of carbonyl (C=O) groups excluding carboxylic acids is 4. The summed E-state index contributed by atoms with van der Waals surface area (Å²) < 4.78 is 24.7. The second kappa shape index (κ2) is 16.9. The van der Waals surface area contributed by atoms with Crippen LogP contribution in [0.1, 0.15) is 44.8 Å². The molecule has 2 N–H and O–H groups in total. The van der Waals surface area contributed by atoms with Gasteiger partial charge >= 0.3 is 5.97 Å². The number of likely N-dealkylation sites (tertiary alicyclic amines) is 1. The van der Waals surface area contributed by atoms with Gasteiger partial charge in [0.1, 0.15) is 29.8 Å². The van der Waals surface area contributed by atoms with E-state index in [-0.39, 0.29) is 43.9 Å². The minimum Gasteiger partial charge on any atom is -0.455 e. The largest absolute Gasteiger partial charge is 0.455 e. The molecule has 52 heavy (non-hydrogen) atoms. The maximum absolute atomic E-state index is 15.1. The van der Waals surface area contributed by atoms with Crippen LogP contribution < -0.4 is 5.32 Å². The molecule has 0 aromatic heterocycles. The molecule has 14 heteroatoms. The Kier molecular flexibility index (Phi) is 12.5.